The summed E-state index contributed by atoms with van der Waals surface area (Å²) in [6.45, 7) is 7.21. The van der Waals surface area contributed by atoms with Crippen LogP contribution in [0.15, 0.2) is 24.3 Å². The smallest absolute Gasteiger partial charge is 0.253 e. The first-order chi connectivity index (χ1) is 10.4. The van der Waals surface area contributed by atoms with Crippen LogP contribution in [0.1, 0.15) is 50.4 Å². The van der Waals surface area contributed by atoms with E-state index < -0.39 is 10.0 Å². The molecule has 124 valence electrons. The van der Waals surface area contributed by atoms with Crippen molar-refractivity contribution in [1.82, 2.24) is 4.90 Å². The van der Waals surface area contributed by atoms with Gasteiger partial charge in [-0.1, -0.05) is 26.3 Å². The molecule has 0 aliphatic heterocycles. The van der Waals surface area contributed by atoms with E-state index in [0.717, 1.165) is 19.4 Å². The van der Waals surface area contributed by atoms with Crippen LogP contribution in [-0.4, -0.2) is 38.1 Å². The Bertz CT molecular complexity index is 585. The Labute approximate surface area is 133 Å². The fraction of sp³-hybridized carbons (Fsp3) is 0.562. The highest BCUT2D eigenvalue weighted by Crippen LogP contribution is 2.15. The van der Waals surface area contributed by atoms with E-state index in [1.807, 2.05) is 13.8 Å². The summed E-state index contributed by atoms with van der Waals surface area (Å²) in [7, 11) is -3.34. The lowest BCUT2D eigenvalue weighted by atomic mass is 10.1. The number of anilines is 1. The molecule has 0 heterocycles. The summed E-state index contributed by atoms with van der Waals surface area (Å²) in [6, 6.07) is 6.68. The largest absolute Gasteiger partial charge is 0.339 e. The predicted octanol–water partition coefficient (Wildman–Crippen LogP) is 3.10. The number of nitrogens with one attached hydrogen (secondary N) is 1. The van der Waals surface area contributed by atoms with Gasteiger partial charge >= 0.3 is 0 Å². The Balaban J connectivity index is 2.89. The van der Waals surface area contributed by atoms with E-state index in [2.05, 4.69) is 11.6 Å². The van der Waals surface area contributed by atoms with Crippen molar-refractivity contribution in [2.75, 3.05) is 23.6 Å². The standard InChI is InChI=1S/C16H26N2O3S/c1-4-7-11-18(6-3)16(19)14-9-8-10-15(13-14)17-22(20,21)12-5-2/h8-10,13,17H,4-7,11-12H2,1-3H3. The molecule has 0 radical (unpaired) electrons. The zero-order valence-corrected chi connectivity index (χ0v) is 14.4. The van der Waals surface area contributed by atoms with Crippen LogP contribution in [0, 0.1) is 0 Å². The third-order valence-electron chi connectivity index (χ3n) is 3.31. The van der Waals surface area contributed by atoms with Crippen LogP contribution in [0.2, 0.25) is 0 Å². The molecular formula is C16H26N2O3S. The Kier molecular flexibility index (Phi) is 7.38. The first-order valence-corrected chi connectivity index (χ1v) is 9.48. The zero-order chi connectivity index (χ0) is 16.6. The third-order valence-corrected chi connectivity index (χ3v) is 4.80. The molecule has 22 heavy (non-hydrogen) atoms. The normalized spacial score (nSPS) is 11.2. The minimum atomic E-state index is -3.34. The van der Waals surface area contributed by atoms with Crippen LogP contribution in [-0.2, 0) is 10.0 Å². The van der Waals surface area contributed by atoms with E-state index in [0.29, 0.717) is 24.2 Å². The maximum Gasteiger partial charge on any atom is 0.253 e. The third kappa shape index (κ3) is 5.67. The van der Waals surface area contributed by atoms with Gasteiger partial charge in [0.2, 0.25) is 10.0 Å². The van der Waals surface area contributed by atoms with E-state index in [9.17, 15) is 13.2 Å². The number of hydrogen-bond donors (Lipinski definition) is 1. The maximum absolute atomic E-state index is 12.5. The quantitative estimate of drug-likeness (QED) is 0.758. The van der Waals surface area contributed by atoms with Gasteiger partial charge in [-0.2, -0.15) is 0 Å². The van der Waals surface area contributed by atoms with Gasteiger partial charge in [-0.3, -0.25) is 9.52 Å². The fourth-order valence-electron chi connectivity index (χ4n) is 2.15. The summed E-state index contributed by atoms with van der Waals surface area (Å²) in [5.74, 6) is 0.00967. The second-order valence-electron chi connectivity index (χ2n) is 5.24. The van der Waals surface area contributed by atoms with Gasteiger partial charge in [0.25, 0.3) is 5.91 Å². The molecule has 0 atom stereocenters. The van der Waals surface area contributed by atoms with Crippen molar-refractivity contribution in [1.29, 1.82) is 0 Å². The SMILES string of the molecule is CCCCN(CC)C(=O)c1cccc(NS(=O)(=O)CCC)c1. The molecule has 0 aliphatic rings. The summed E-state index contributed by atoms with van der Waals surface area (Å²) in [4.78, 5) is 14.3. The van der Waals surface area contributed by atoms with Crippen molar-refractivity contribution in [3.05, 3.63) is 29.8 Å². The average molecular weight is 326 g/mol. The molecule has 0 saturated heterocycles. The molecule has 0 spiro atoms. The van der Waals surface area contributed by atoms with Crippen molar-refractivity contribution in [2.24, 2.45) is 0 Å². The predicted molar refractivity (Wildman–Crippen MR) is 90.6 cm³/mol. The summed E-state index contributed by atoms with van der Waals surface area (Å²) in [5.41, 5.74) is 0.945. The fourth-order valence-corrected chi connectivity index (χ4v) is 3.28. The van der Waals surface area contributed by atoms with E-state index in [-0.39, 0.29) is 11.7 Å². The first kappa shape index (κ1) is 18.5. The molecule has 1 aromatic rings. The second kappa shape index (κ2) is 8.78. The molecule has 5 nitrogen and oxygen atoms in total. The van der Waals surface area contributed by atoms with Gasteiger partial charge in [0.1, 0.15) is 0 Å². The molecule has 1 amide bonds. The topological polar surface area (TPSA) is 66.5 Å². The molecule has 0 bridgehead atoms. The number of unbranched alkanes of at least 4 members (excludes halogenated alkanes) is 1. The van der Waals surface area contributed by atoms with Gasteiger partial charge in [-0.15, -0.1) is 0 Å². The number of carbonyl (C=O) groups is 1. The van der Waals surface area contributed by atoms with Gasteiger partial charge < -0.3 is 4.90 Å². The Morgan fingerprint density at radius 1 is 1.18 bits per heavy atom. The second-order valence-corrected chi connectivity index (χ2v) is 7.08. The molecule has 6 heteroatoms. The number of nitrogens with zero attached hydrogens (tertiary/aromatic N) is 1. The van der Waals surface area contributed by atoms with Crippen molar-refractivity contribution in [3.63, 3.8) is 0 Å². The van der Waals surface area contributed by atoms with Gasteiger partial charge in [0.05, 0.1) is 5.75 Å². The highest BCUT2D eigenvalue weighted by Gasteiger charge is 2.15. The highest BCUT2D eigenvalue weighted by atomic mass is 32.2. The Hall–Kier alpha value is -1.56. The van der Waals surface area contributed by atoms with Crippen LogP contribution in [0.5, 0.6) is 0 Å². The summed E-state index contributed by atoms with van der Waals surface area (Å²) in [5, 5.41) is 0. The van der Waals surface area contributed by atoms with E-state index in [1.165, 1.54) is 0 Å². The number of sulfonamides is 1. The lowest BCUT2D eigenvalue weighted by molar-refractivity contribution is 0.0762. The van der Waals surface area contributed by atoms with E-state index >= 15 is 0 Å². The molecule has 1 N–H and O–H groups in total. The highest BCUT2D eigenvalue weighted by molar-refractivity contribution is 7.92. The minimum Gasteiger partial charge on any atom is -0.339 e. The summed E-state index contributed by atoms with van der Waals surface area (Å²) < 4.78 is 26.1. The molecular weight excluding hydrogens is 300 g/mol. The number of benzene rings is 1. The molecule has 0 aromatic heterocycles. The van der Waals surface area contributed by atoms with Crippen LogP contribution in [0.3, 0.4) is 0 Å². The Morgan fingerprint density at radius 3 is 2.50 bits per heavy atom. The summed E-state index contributed by atoms with van der Waals surface area (Å²) >= 11 is 0. The minimum absolute atomic E-state index is 0.0625. The molecule has 0 aliphatic carbocycles. The molecule has 1 aromatic carbocycles. The lowest BCUT2D eigenvalue weighted by Crippen LogP contribution is -2.31. The van der Waals surface area contributed by atoms with Gasteiger partial charge in [0, 0.05) is 24.3 Å². The van der Waals surface area contributed by atoms with Crippen molar-refractivity contribution >= 4 is 21.6 Å². The van der Waals surface area contributed by atoms with Crippen LogP contribution in [0.4, 0.5) is 5.69 Å². The Morgan fingerprint density at radius 2 is 1.91 bits per heavy atom. The van der Waals surface area contributed by atoms with E-state index in [4.69, 9.17) is 0 Å². The van der Waals surface area contributed by atoms with Crippen molar-refractivity contribution in [2.45, 2.75) is 40.0 Å². The zero-order valence-electron chi connectivity index (χ0n) is 13.6. The number of carbonyl (C=O) groups excluding carboxylic acids is 1. The molecule has 0 fully saturated rings. The molecule has 0 unspecified atom stereocenters. The van der Waals surface area contributed by atoms with E-state index in [1.54, 1.807) is 29.2 Å². The van der Waals surface area contributed by atoms with Gasteiger partial charge in [-0.25, -0.2) is 8.42 Å². The lowest BCUT2D eigenvalue weighted by Gasteiger charge is -2.21. The first-order valence-electron chi connectivity index (χ1n) is 7.83. The van der Waals surface area contributed by atoms with Crippen LogP contribution < -0.4 is 4.72 Å². The number of hydrogen-bond acceptors (Lipinski definition) is 3. The number of amides is 1. The van der Waals surface area contributed by atoms with Gasteiger partial charge in [0.15, 0.2) is 0 Å². The van der Waals surface area contributed by atoms with Crippen molar-refractivity contribution < 1.29 is 13.2 Å². The average Bonchev–Trinajstić information content (AvgIpc) is 2.47. The van der Waals surface area contributed by atoms with Crippen molar-refractivity contribution in [3.8, 4) is 0 Å². The van der Waals surface area contributed by atoms with Crippen LogP contribution >= 0.6 is 0 Å². The molecule has 0 saturated carbocycles. The van der Waals surface area contributed by atoms with Crippen LogP contribution in [0.25, 0.3) is 0 Å². The number of rotatable bonds is 9. The maximum atomic E-state index is 12.5. The molecule has 1 rings (SSSR count). The summed E-state index contributed by atoms with van der Waals surface area (Å²) in [6.07, 6.45) is 2.54. The monoisotopic (exact) mass is 326 g/mol. The van der Waals surface area contributed by atoms with Gasteiger partial charge in [-0.05, 0) is 38.0 Å².